The van der Waals surface area contributed by atoms with Crippen LogP contribution in [0.1, 0.15) is 17.5 Å². The zero-order valence-corrected chi connectivity index (χ0v) is 16.2. The van der Waals surface area contributed by atoms with Crippen molar-refractivity contribution in [1.29, 1.82) is 0 Å². The predicted octanol–water partition coefficient (Wildman–Crippen LogP) is 3.27. The van der Waals surface area contributed by atoms with Crippen LogP contribution in [-0.2, 0) is 5.54 Å². The molecule has 0 bridgehead atoms. The molecule has 2 aromatic carbocycles. The minimum Gasteiger partial charge on any atom is -0.508 e. The van der Waals surface area contributed by atoms with Crippen molar-refractivity contribution in [2.24, 2.45) is 15.7 Å². The number of aliphatic imine (C=N–C) groups is 2. The van der Waals surface area contributed by atoms with Crippen LogP contribution >= 0.6 is 0 Å². The van der Waals surface area contributed by atoms with E-state index in [0.717, 1.165) is 29.9 Å². The number of aromatic hydroxyl groups is 1. The van der Waals surface area contributed by atoms with Crippen LogP contribution in [0.4, 0.5) is 4.39 Å². The Labute approximate surface area is 173 Å². The van der Waals surface area contributed by atoms with Crippen molar-refractivity contribution in [2.75, 3.05) is 13.1 Å². The van der Waals surface area contributed by atoms with Crippen molar-refractivity contribution in [3.63, 3.8) is 0 Å². The molecule has 5 rings (SSSR count). The molecule has 2 aliphatic rings. The molecule has 0 saturated heterocycles. The molecular weight excluding hydrogens is 381 g/mol. The molecule has 0 unspecified atom stereocenters. The fourth-order valence-electron chi connectivity index (χ4n) is 4.19. The van der Waals surface area contributed by atoms with Crippen LogP contribution < -0.4 is 5.73 Å². The number of hydrogen-bond acceptors (Lipinski definition) is 6. The quantitative estimate of drug-likeness (QED) is 0.660. The van der Waals surface area contributed by atoms with E-state index in [9.17, 15) is 9.50 Å². The number of nitrogens with two attached hydrogens (primary N) is 1. The normalized spacial score (nSPS) is 20.5. The molecule has 3 aromatic rings. The van der Waals surface area contributed by atoms with E-state index in [4.69, 9.17) is 15.7 Å². The number of phenolic OH excluding ortho intramolecular Hbond substituents is 1. The Morgan fingerprint density at radius 1 is 1.03 bits per heavy atom. The first-order chi connectivity index (χ1) is 14.6. The SMILES string of the molecule is NC1=N[C@@](c2ccc(O)cc2)(c2cccc(-c3cccnc3F)c2)C2=NCCCN12. The van der Waals surface area contributed by atoms with E-state index in [0.29, 0.717) is 23.6 Å². The van der Waals surface area contributed by atoms with E-state index in [1.165, 1.54) is 6.20 Å². The number of fused-ring (bicyclic) bond motifs is 1. The fraction of sp³-hybridized carbons (Fsp3) is 0.174. The third-order valence-electron chi connectivity index (χ3n) is 5.58. The van der Waals surface area contributed by atoms with Gasteiger partial charge in [0.05, 0.1) is 0 Å². The lowest BCUT2D eigenvalue weighted by Gasteiger charge is -2.33. The molecule has 30 heavy (non-hydrogen) atoms. The topological polar surface area (TPSA) is 87.1 Å². The van der Waals surface area contributed by atoms with Gasteiger partial charge in [0.2, 0.25) is 5.95 Å². The van der Waals surface area contributed by atoms with Crippen LogP contribution in [0, 0.1) is 5.95 Å². The summed E-state index contributed by atoms with van der Waals surface area (Å²) in [5.74, 6) is 0.789. The lowest BCUT2D eigenvalue weighted by atomic mass is 9.81. The molecule has 3 heterocycles. The van der Waals surface area contributed by atoms with Crippen molar-refractivity contribution in [1.82, 2.24) is 9.88 Å². The second-order valence-corrected chi connectivity index (χ2v) is 7.36. The number of nitrogens with zero attached hydrogens (tertiary/aromatic N) is 4. The van der Waals surface area contributed by atoms with E-state index >= 15 is 0 Å². The summed E-state index contributed by atoms with van der Waals surface area (Å²) in [6.45, 7) is 1.43. The van der Waals surface area contributed by atoms with E-state index in [-0.39, 0.29) is 5.75 Å². The molecule has 150 valence electrons. The number of benzene rings is 2. The zero-order valence-electron chi connectivity index (χ0n) is 16.2. The summed E-state index contributed by atoms with van der Waals surface area (Å²) in [5, 5.41) is 9.81. The van der Waals surface area contributed by atoms with Crippen molar-refractivity contribution in [2.45, 2.75) is 12.0 Å². The van der Waals surface area contributed by atoms with Crippen LogP contribution in [0.2, 0.25) is 0 Å². The first-order valence-electron chi connectivity index (χ1n) is 9.78. The van der Waals surface area contributed by atoms with Gasteiger partial charge in [0.15, 0.2) is 11.5 Å². The maximum Gasteiger partial charge on any atom is 0.220 e. The smallest absolute Gasteiger partial charge is 0.220 e. The largest absolute Gasteiger partial charge is 0.508 e. The summed E-state index contributed by atoms with van der Waals surface area (Å²) in [5.41, 5.74) is 8.11. The van der Waals surface area contributed by atoms with Gasteiger partial charge in [0.25, 0.3) is 0 Å². The molecule has 1 atom stereocenters. The molecule has 6 nitrogen and oxygen atoms in total. The van der Waals surface area contributed by atoms with Gasteiger partial charge in [-0.2, -0.15) is 4.39 Å². The van der Waals surface area contributed by atoms with Crippen molar-refractivity contribution >= 4 is 11.8 Å². The monoisotopic (exact) mass is 401 g/mol. The van der Waals surface area contributed by atoms with Gasteiger partial charge in [-0.05, 0) is 53.4 Å². The molecule has 0 spiro atoms. The lowest BCUT2D eigenvalue weighted by molar-refractivity contribution is 0.474. The summed E-state index contributed by atoms with van der Waals surface area (Å²) in [6.07, 6.45) is 2.32. The summed E-state index contributed by atoms with van der Waals surface area (Å²) >= 11 is 0. The summed E-state index contributed by atoms with van der Waals surface area (Å²) in [6, 6.07) is 17.9. The summed E-state index contributed by atoms with van der Waals surface area (Å²) < 4.78 is 14.4. The van der Waals surface area contributed by atoms with Gasteiger partial charge in [0, 0.05) is 24.8 Å². The van der Waals surface area contributed by atoms with Gasteiger partial charge in [-0.3, -0.25) is 9.89 Å². The number of hydrogen-bond donors (Lipinski definition) is 2. The van der Waals surface area contributed by atoms with E-state index in [2.05, 4.69) is 4.98 Å². The molecule has 1 aromatic heterocycles. The average molecular weight is 401 g/mol. The van der Waals surface area contributed by atoms with Crippen LogP contribution in [0.5, 0.6) is 5.75 Å². The number of rotatable bonds is 3. The molecule has 0 radical (unpaired) electrons. The molecule has 0 aliphatic carbocycles. The Bertz CT molecular complexity index is 1170. The second-order valence-electron chi connectivity index (χ2n) is 7.36. The predicted molar refractivity (Wildman–Crippen MR) is 114 cm³/mol. The van der Waals surface area contributed by atoms with Crippen molar-refractivity contribution in [3.8, 4) is 16.9 Å². The number of aromatic nitrogens is 1. The minimum absolute atomic E-state index is 0.164. The Hall–Kier alpha value is -3.74. The highest BCUT2D eigenvalue weighted by atomic mass is 19.1. The number of pyridine rings is 1. The van der Waals surface area contributed by atoms with Crippen LogP contribution in [0.3, 0.4) is 0 Å². The molecule has 7 heteroatoms. The van der Waals surface area contributed by atoms with Gasteiger partial charge in [-0.15, -0.1) is 0 Å². The van der Waals surface area contributed by atoms with Crippen LogP contribution in [-0.4, -0.2) is 39.9 Å². The highest BCUT2D eigenvalue weighted by Gasteiger charge is 2.49. The number of guanidine groups is 1. The summed E-state index contributed by atoms with van der Waals surface area (Å²) in [7, 11) is 0. The average Bonchev–Trinajstić information content (AvgIpc) is 3.08. The molecule has 0 saturated carbocycles. The Balaban J connectivity index is 1.75. The maximum atomic E-state index is 14.4. The van der Waals surface area contributed by atoms with E-state index < -0.39 is 11.5 Å². The molecule has 0 amide bonds. The van der Waals surface area contributed by atoms with E-state index in [1.54, 1.807) is 24.3 Å². The maximum absolute atomic E-state index is 14.4. The third-order valence-corrected chi connectivity index (χ3v) is 5.58. The molecule has 2 aliphatic heterocycles. The van der Waals surface area contributed by atoms with Gasteiger partial charge in [0.1, 0.15) is 11.6 Å². The minimum atomic E-state index is -0.965. The highest BCUT2D eigenvalue weighted by Crippen LogP contribution is 2.42. The van der Waals surface area contributed by atoms with Gasteiger partial charge < -0.3 is 10.8 Å². The first-order valence-corrected chi connectivity index (χ1v) is 9.78. The molecule has 0 fully saturated rings. The molecular formula is C23H20FN5O. The van der Waals surface area contributed by atoms with Gasteiger partial charge in [-0.25, -0.2) is 9.98 Å². The Morgan fingerprint density at radius 2 is 1.87 bits per heavy atom. The highest BCUT2D eigenvalue weighted by molar-refractivity contribution is 6.12. The zero-order chi connectivity index (χ0) is 20.7. The molecule has 3 N–H and O–H groups in total. The van der Waals surface area contributed by atoms with Gasteiger partial charge in [-0.1, -0.05) is 30.3 Å². The number of halogens is 1. The number of amidine groups is 1. The number of phenols is 1. The fourth-order valence-corrected chi connectivity index (χ4v) is 4.19. The van der Waals surface area contributed by atoms with Gasteiger partial charge >= 0.3 is 0 Å². The van der Waals surface area contributed by atoms with Crippen LogP contribution in [0.15, 0.2) is 76.8 Å². The summed E-state index contributed by atoms with van der Waals surface area (Å²) in [4.78, 5) is 15.4. The van der Waals surface area contributed by atoms with Crippen molar-refractivity contribution < 1.29 is 9.50 Å². The third kappa shape index (κ3) is 2.74. The second kappa shape index (κ2) is 6.95. The first kappa shape index (κ1) is 18.3. The Kier molecular flexibility index (Phi) is 4.24. The standard InChI is InChI=1S/C23H20FN5O/c24-20-19(6-2-11-26-20)15-4-1-5-17(14-15)23(16-7-9-18(30)10-8-16)21-27-12-3-13-29(21)22(25)28-23/h1-2,4-11,14,30H,3,12-13H2,(H2,25,28)/t23-/m0/s1. The lowest BCUT2D eigenvalue weighted by Crippen LogP contribution is -2.46. The van der Waals surface area contributed by atoms with Crippen molar-refractivity contribution in [3.05, 3.63) is 83.9 Å². The van der Waals surface area contributed by atoms with Crippen LogP contribution in [0.25, 0.3) is 11.1 Å². The van der Waals surface area contributed by atoms with E-state index in [1.807, 2.05) is 41.3 Å². The Morgan fingerprint density at radius 3 is 2.67 bits per heavy atom.